The van der Waals surface area contributed by atoms with Crippen LogP contribution in [0.5, 0.6) is 0 Å². The van der Waals surface area contributed by atoms with E-state index in [2.05, 4.69) is 0 Å². The van der Waals surface area contributed by atoms with Crippen molar-refractivity contribution >= 4 is 34.9 Å². The average molecular weight is 377 g/mol. The minimum Gasteiger partial charge on any atom is -0.481 e. The first-order valence-corrected chi connectivity index (χ1v) is 8.21. The molecular weight excluding hydrogens is 360 g/mol. The Hall–Kier alpha value is -2.93. The van der Waals surface area contributed by atoms with Gasteiger partial charge in [0.15, 0.2) is 0 Å². The third-order valence-electron chi connectivity index (χ3n) is 3.81. The highest BCUT2D eigenvalue weighted by molar-refractivity contribution is 6.30. The van der Waals surface area contributed by atoms with Gasteiger partial charge in [-0.1, -0.05) is 11.6 Å². The monoisotopic (exact) mass is 376 g/mol. The van der Waals surface area contributed by atoms with Crippen LogP contribution in [0.1, 0.15) is 28.8 Å². The van der Waals surface area contributed by atoms with Crippen molar-refractivity contribution in [3.05, 3.63) is 68.7 Å². The summed E-state index contributed by atoms with van der Waals surface area (Å²) in [6.07, 6.45) is 0.201. The van der Waals surface area contributed by atoms with Crippen LogP contribution in [0.25, 0.3) is 0 Å². The van der Waals surface area contributed by atoms with Gasteiger partial charge in [-0.05, 0) is 49.2 Å². The van der Waals surface area contributed by atoms with E-state index in [1.54, 1.807) is 31.2 Å². The molecule has 8 heteroatoms. The van der Waals surface area contributed by atoms with Crippen molar-refractivity contribution in [1.29, 1.82) is 0 Å². The van der Waals surface area contributed by atoms with E-state index >= 15 is 0 Å². The molecule has 0 spiro atoms. The number of amides is 1. The van der Waals surface area contributed by atoms with Crippen molar-refractivity contribution in [1.82, 2.24) is 0 Å². The van der Waals surface area contributed by atoms with Crippen molar-refractivity contribution in [2.75, 3.05) is 11.4 Å². The fraction of sp³-hybridized carbons (Fsp3) is 0.222. The maximum atomic E-state index is 13.0. The van der Waals surface area contributed by atoms with Gasteiger partial charge in [0.1, 0.15) is 0 Å². The van der Waals surface area contributed by atoms with E-state index in [-0.39, 0.29) is 31.0 Å². The standard InChI is InChI=1S/C18H17ClN2O5/c1-12-11-15(21(25)26)8-9-16(12)18(24)20(10-2-3-17(22)23)14-6-4-13(19)5-7-14/h4-9,11H,2-3,10H2,1H3,(H,22,23). The lowest BCUT2D eigenvalue weighted by atomic mass is 10.1. The fourth-order valence-electron chi connectivity index (χ4n) is 2.50. The van der Waals surface area contributed by atoms with Crippen LogP contribution in [0.2, 0.25) is 5.02 Å². The molecule has 0 saturated heterocycles. The minimum atomic E-state index is -0.944. The number of carbonyl (C=O) groups excluding carboxylic acids is 1. The van der Waals surface area contributed by atoms with E-state index in [4.69, 9.17) is 16.7 Å². The highest BCUT2D eigenvalue weighted by Crippen LogP contribution is 2.24. The molecular formula is C18H17ClN2O5. The summed E-state index contributed by atoms with van der Waals surface area (Å²) in [5.74, 6) is -1.30. The van der Waals surface area contributed by atoms with E-state index in [0.29, 0.717) is 21.8 Å². The van der Waals surface area contributed by atoms with Crippen LogP contribution in [0.15, 0.2) is 42.5 Å². The predicted octanol–water partition coefficient (Wildman–Crippen LogP) is 4.07. The molecule has 136 valence electrons. The molecule has 7 nitrogen and oxygen atoms in total. The number of aryl methyl sites for hydroxylation is 1. The molecule has 1 N–H and O–H groups in total. The Morgan fingerprint density at radius 3 is 2.38 bits per heavy atom. The highest BCUT2D eigenvalue weighted by Gasteiger charge is 2.21. The van der Waals surface area contributed by atoms with E-state index in [0.717, 1.165) is 0 Å². The molecule has 1 amide bonds. The molecule has 0 aliphatic rings. The normalized spacial score (nSPS) is 10.4. The zero-order valence-corrected chi connectivity index (χ0v) is 14.8. The molecule has 0 fully saturated rings. The Kier molecular flexibility index (Phi) is 6.30. The first kappa shape index (κ1) is 19.4. The SMILES string of the molecule is Cc1cc([N+](=O)[O-])ccc1C(=O)N(CCCC(=O)O)c1ccc(Cl)cc1. The lowest BCUT2D eigenvalue weighted by molar-refractivity contribution is -0.384. The number of hydrogen-bond donors (Lipinski definition) is 1. The Morgan fingerprint density at radius 1 is 1.19 bits per heavy atom. The summed E-state index contributed by atoms with van der Waals surface area (Å²) in [7, 11) is 0. The molecule has 0 unspecified atom stereocenters. The number of carbonyl (C=O) groups is 2. The van der Waals surface area contributed by atoms with Crippen LogP contribution < -0.4 is 4.90 Å². The summed E-state index contributed by atoms with van der Waals surface area (Å²) in [6.45, 7) is 1.82. The summed E-state index contributed by atoms with van der Waals surface area (Å²) in [5, 5.41) is 20.2. The second-order valence-corrected chi connectivity index (χ2v) is 6.12. The molecule has 0 aliphatic carbocycles. The molecule has 2 rings (SSSR count). The Morgan fingerprint density at radius 2 is 1.85 bits per heavy atom. The van der Waals surface area contributed by atoms with Crippen molar-refractivity contribution in [2.45, 2.75) is 19.8 Å². The van der Waals surface area contributed by atoms with Crippen LogP contribution in [-0.2, 0) is 4.79 Å². The first-order chi connectivity index (χ1) is 12.3. The first-order valence-electron chi connectivity index (χ1n) is 7.84. The van der Waals surface area contributed by atoms with Gasteiger partial charge in [0.05, 0.1) is 4.92 Å². The Balaban J connectivity index is 2.34. The average Bonchev–Trinajstić information content (AvgIpc) is 2.59. The number of nitro benzene ring substituents is 1. The summed E-state index contributed by atoms with van der Waals surface area (Å²) in [5.41, 5.74) is 1.27. The van der Waals surface area contributed by atoms with Crippen molar-refractivity contribution < 1.29 is 19.6 Å². The number of halogens is 1. The topological polar surface area (TPSA) is 101 Å². The van der Waals surface area contributed by atoms with Crippen LogP contribution in [0.4, 0.5) is 11.4 Å². The van der Waals surface area contributed by atoms with Gasteiger partial charge in [0.2, 0.25) is 0 Å². The van der Waals surface area contributed by atoms with Gasteiger partial charge in [0.25, 0.3) is 11.6 Å². The number of benzene rings is 2. The van der Waals surface area contributed by atoms with Crippen LogP contribution >= 0.6 is 11.6 Å². The van der Waals surface area contributed by atoms with E-state index < -0.39 is 10.9 Å². The van der Waals surface area contributed by atoms with Gasteiger partial charge in [-0.2, -0.15) is 0 Å². The van der Waals surface area contributed by atoms with E-state index in [1.165, 1.54) is 23.1 Å². The molecule has 26 heavy (non-hydrogen) atoms. The number of carboxylic acid groups (broad SMARTS) is 1. The lowest BCUT2D eigenvalue weighted by Crippen LogP contribution is -2.32. The van der Waals surface area contributed by atoms with Crippen LogP contribution in [0, 0.1) is 17.0 Å². The Labute approximate surface area is 155 Å². The number of rotatable bonds is 7. The summed E-state index contributed by atoms with van der Waals surface area (Å²) in [4.78, 5) is 35.6. The summed E-state index contributed by atoms with van der Waals surface area (Å²) in [6, 6.07) is 10.6. The van der Waals surface area contributed by atoms with Crippen LogP contribution in [-0.4, -0.2) is 28.5 Å². The smallest absolute Gasteiger partial charge is 0.303 e. The highest BCUT2D eigenvalue weighted by atomic mass is 35.5. The van der Waals surface area contributed by atoms with E-state index in [9.17, 15) is 19.7 Å². The molecule has 0 heterocycles. The second-order valence-electron chi connectivity index (χ2n) is 5.69. The van der Waals surface area contributed by atoms with Gasteiger partial charge < -0.3 is 10.0 Å². The van der Waals surface area contributed by atoms with Crippen molar-refractivity contribution in [2.24, 2.45) is 0 Å². The molecule has 0 atom stereocenters. The van der Waals surface area contributed by atoms with Gasteiger partial charge in [0, 0.05) is 41.4 Å². The third kappa shape index (κ3) is 4.80. The maximum absolute atomic E-state index is 13.0. The quantitative estimate of drug-likeness (QED) is 0.579. The van der Waals surface area contributed by atoms with Gasteiger partial charge in [-0.25, -0.2) is 0 Å². The number of nitro groups is 1. The number of anilines is 1. The summed E-state index contributed by atoms with van der Waals surface area (Å²) < 4.78 is 0. The van der Waals surface area contributed by atoms with E-state index in [1.807, 2.05) is 0 Å². The molecule has 0 aromatic heterocycles. The lowest BCUT2D eigenvalue weighted by Gasteiger charge is -2.23. The van der Waals surface area contributed by atoms with Crippen LogP contribution in [0.3, 0.4) is 0 Å². The molecule has 0 radical (unpaired) electrons. The minimum absolute atomic E-state index is 0.0728. The molecule has 0 saturated carbocycles. The van der Waals surface area contributed by atoms with Gasteiger partial charge >= 0.3 is 5.97 Å². The Bertz CT molecular complexity index is 836. The fourth-order valence-corrected chi connectivity index (χ4v) is 2.63. The molecule has 2 aromatic rings. The number of carboxylic acids is 1. The zero-order chi connectivity index (χ0) is 19.3. The second kappa shape index (κ2) is 8.44. The number of aliphatic carboxylic acids is 1. The predicted molar refractivity (Wildman–Crippen MR) is 97.8 cm³/mol. The zero-order valence-electron chi connectivity index (χ0n) is 14.0. The number of non-ortho nitro benzene ring substituents is 1. The van der Waals surface area contributed by atoms with Gasteiger partial charge in [-0.15, -0.1) is 0 Å². The van der Waals surface area contributed by atoms with Crippen molar-refractivity contribution in [3.63, 3.8) is 0 Å². The largest absolute Gasteiger partial charge is 0.481 e. The number of hydrogen-bond acceptors (Lipinski definition) is 4. The van der Waals surface area contributed by atoms with Crippen molar-refractivity contribution in [3.8, 4) is 0 Å². The number of nitrogens with zero attached hydrogens (tertiary/aromatic N) is 2. The molecule has 0 aliphatic heterocycles. The molecule has 2 aromatic carbocycles. The third-order valence-corrected chi connectivity index (χ3v) is 4.06. The summed E-state index contributed by atoms with van der Waals surface area (Å²) >= 11 is 5.89. The molecule has 0 bridgehead atoms. The van der Waals surface area contributed by atoms with Gasteiger partial charge in [-0.3, -0.25) is 19.7 Å². The maximum Gasteiger partial charge on any atom is 0.303 e.